The molecule has 0 radical (unpaired) electrons. The molecule has 2 amide bonds. The van der Waals surface area contributed by atoms with E-state index in [-0.39, 0.29) is 17.4 Å². The second kappa shape index (κ2) is 7.31. The Morgan fingerprint density at radius 2 is 2.04 bits per heavy atom. The molecular weight excluding hydrogens is 344 g/mol. The molecule has 0 saturated carbocycles. The number of ether oxygens (including phenoxy) is 1. The molecule has 27 heavy (non-hydrogen) atoms. The molecule has 0 aliphatic carbocycles. The first kappa shape index (κ1) is 18.0. The minimum Gasteiger partial charge on any atom is -0.381 e. The summed E-state index contributed by atoms with van der Waals surface area (Å²) in [5.74, 6) is 1.32. The van der Waals surface area contributed by atoms with Crippen LogP contribution in [0.1, 0.15) is 43.0 Å². The van der Waals surface area contributed by atoms with Gasteiger partial charge in [0.2, 0.25) is 5.89 Å². The van der Waals surface area contributed by atoms with Gasteiger partial charge in [-0.05, 0) is 43.9 Å². The number of benzene rings is 1. The molecule has 1 aromatic heterocycles. The number of nitrogens with one attached hydrogen (secondary N) is 1. The number of anilines is 1. The Kier molecular flexibility index (Phi) is 4.86. The molecule has 1 spiro atoms. The first-order valence-corrected chi connectivity index (χ1v) is 9.62. The Morgan fingerprint density at radius 1 is 1.30 bits per heavy atom. The number of carbonyl (C=O) groups excluding carboxylic acids is 1. The van der Waals surface area contributed by atoms with Gasteiger partial charge >= 0.3 is 6.03 Å². The monoisotopic (exact) mass is 370 g/mol. The number of carbonyl (C=O) groups is 1. The van der Waals surface area contributed by atoms with Crippen LogP contribution in [0, 0.1) is 12.3 Å². The fourth-order valence-electron chi connectivity index (χ4n) is 4.23. The predicted octanol–water partition coefficient (Wildman–Crippen LogP) is 3.37. The van der Waals surface area contributed by atoms with Crippen LogP contribution in [-0.4, -0.2) is 47.4 Å². The van der Waals surface area contributed by atoms with Gasteiger partial charge in [0.1, 0.15) is 0 Å². The molecule has 2 saturated heterocycles. The van der Waals surface area contributed by atoms with Gasteiger partial charge in [-0.2, -0.15) is 4.98 Å². The van der Waals surface area contributed by atoms with E-state index in [1.54, 1.807) is 0 Å². The molecule has 4 rings (SSSR count). The molecule has 144 valence electrons. The van der Waals surface area contributed by atoms with Crippen LogP contribution in [0.25, 0.3) is 0 Å². The summed E-state index contributed by atoms with van der Waals surface area (Å²) in [5.41, 5.74) is 2.01. The highest BCUT2D eigenvalue weighted by atomic mass is 16.5. The zero-order valence-corrected chi connectivity index (χ0v) is 15.9. The fourth-order valence-corrected chi connectivity index (χ4v) is 4.23. The smallest absolute Gasteiger partial charge is 0.321 e. The average molecular weight is 370 g/mol. The number of nitrogens with zero attached hydrogens (tertiary/aromatic N) is 3. The molecule has 7 nitrogen and oxygen atoms in total. The average Bonchev–Trinajstić information content (AvgIpc) is 3.27. The third-order valence-electron chi connectivity index (χ3n) is 5.88. The SMILES string of the molecule is CCc1ccc(NC(=O)N2C[C@H](c3nc(C)no3)C3(CCOCC3)C2)cc1. The Morgan fingerprint density at radius 3 is 2.67 bits per heavy atom. The van der Waals surface area contributed by atoms with Crippen molar-refractivity contribution < 1.29 is 14.1 Å². The lowest BCUT2D eigenvalue weighted by atomic mass is 9.72. The van der Waals surface area contributed by atoms with Crippen molar-refractivity contribution in [1.82, 2.24) is 15.0 Å². The summed E-state index contributed by atoms with van der Waals surface area (Å²) in [6.45, 7) is 6.62. The van der Waals surface area contributed by atoms with E-state index in [1.807, 2.05) is 36.1 Å². The second-order valence-electron chi connectivity index (χ2n) is 7.57. The summed E-state index contributed by atoms with van der Waals surface area (Å²) < 4.78 is 11.1. The van der Waals surface area contributed by atoms with Gasteiger partial charge in [-0.3, -0.25) is 0 Å². The van der Waals surface area contributed by atoms with E-state index in [2.05, 4.69) is 22.4 Å². The Bertz CT molecular complexity index is 796. The highest BCUT2D eigenvalue weighted by Gasteiger charge is 2.51. The summed E-state index contributed by atoms with van der Waals surface area (Å²) in [5, 5.41) is 6.98. The maximum Gasteiger partial charge on any atom is 0.321 e. The summed E-state index contributed by atoms with van der Waals surface area (Å²) in [6, 6.07) is 7.92. The summed E-state index contributed by atoms with van der Waals surface area (Å²) in [6.07, 6.45) is 2.78. The highest BCUT2D eigenvalue weighted by molar-refractivity contribution is 5.89. The third kappa shape index (κ3) is 3.56. The molecule has 1 atom stereocenters. The van der Waals surface area contributed by atoms with Crippen LogP contribution in [0.2, 0.25) is 0 Å². The number of aromatic nitrogens is 2. The Balaban J connectivity index is 1.52. The van der Waals surface area contributed by atoms with Crippen molar-refractivity contribution in [1.29, 1.82) is 0 Å². The molecule has 0 bridgehead atoms. The fraction of sp³-hybridized carbons (Fsp3) is 0.550. The molecule has 3 heterocycles. The van der Waals surface area contributed by atoms with Crippen molar-refractivity contribution in [3.8, 4) is 0 Å². The van der Waals surface area contributed by atoms with Crippen LogP contribution in [-0.2, 0) is 11.2 Å². The van der Waals surface area contributed by atoms with Gasteiger partial charge in [-0.25, -0.2) is 4.79 Å². The first-order valence-electron chi connectivity index (χ1n) is 9.62. The van der Waals surface area contributed by atoms with Gasteiger partial charge in [0.25, 0.3) is 0 Å². The van der Waals surface area contributed by atoms with E-state index in [0.29, 0.717) is 38.0 Å². The number of likely N-dealkylation sites (tertiary alicyclic amines) is 1. The minimum absolute atomic E-state index is 0.0517. The van der Waals surface area contributed by atoms with Crippen LogP contribution < -0.4 is 5.32 Å². The third-order valence-corrected chi connectivity index (χ3v) is 5.88. The van der Waals surface area contributed by atoms with Gasteiger partial charge in [0.15, 0.2) is 5.82 Å². The lowest BCUT2D eigenvalue weighted by Gasteiger charge is -2.36. The maximum absolute atomic E-state index is 12.9. The van der Waals surface area contributed by atoms with Gasteiger partial charge in [0, 0.05) is 37.4 Å². The molecule has 1 aromatic carbocycles. The molecule has 2 fully saturated rings. The van der Waals surface area contributed by atoms with Crippen molar-refractivity contribution >= 4 is 11.7 Å². The van der Waals surface area contributed by atoms with E-state index in [4.69, 9.17) is 9.26 Å². The largest absolute Gasteiger partial charge is 0.381 e. The second-order valence-corrected chi connectivity index (χ2v) is 7.57. The van der Waals surface area contributed by atoms with Gasteiger partial charge in [-0.15, -0.1) is 0 Å². The number of hydrogen-bond donors (Lipinski definition) is 1. The Hall–Kier alpha value is -2.41. The van der Waals surface area contributed by atoms with Crippen molar-refractivity contribution in [2.75, 3.05) is 31.6 Å². The molecule has 2 aliphatic heterocycles. The molecule has 2 aliphatic rings. The van der Waals surface area contributed by atoms with Crippen LogP contribution in [0.15, 0.2) is 28.8 Å². The molecule has 7 heteroatoms. The van der Waals surface area contributed by atoms with Crippen molar-refractivity contribution in [3.63, 3.8) is 0 Å². The van der Waals surface area contributed by atoms with Gasteiger partial charge in [0.05, 0.1) is 5.92 Å². The van der Waals surface area contributed by atoms with Crippen molar-refractivity contribution in [2.45, 2.75) is 39.0 Å². The molecule has 1 N–H and O–H groups in total. The van der Waals surface area contributed by atoms with Crippen molar-refractivity contribution in [2.24, 2.45) is 5.41 Å². The first-order chi connectivity index (χ1) is 13.1. The van der Waals surface area contributed by atoms with E-state index in [0.717, 1.165) is 24.9 Å². The number of aryl methyl sites for hydroxylation is 2. The molecule has 0 unspecified atom stereocenters. The summed E-state index contributed by atoms with van der Waals surface area (Å²) in [7, 11) is 0. The van der Waals surface area contributed by atoms with Crippen LogP contribution >= 0.6 is 0 Å². The number of rotatable bonds is 3. The van der Waals surface area contributed by atoms with Crippen LogP contribution in [0.5, 0.6) is 0 Å². The highest BCUT2D eigenvalue weighted by Crippen LogP contribution is 2.49. The predicted molar refractivity (Wildman–Crippen MR) is 101 cm³/mol. The van der Waals surface area contributed by atoms with E-state index in [9.17, 15) is 4.79 Å². The van der Waals surface area contributed by atoms with Crippen LogP contribution in [0.4, 0.5) is 10.5 Å². The van der Waals surface area contributed by atoms with Crippen LogP contribution in [0.3, 0.4) is 0 Å². The zero-order chi connectivity index (χ0) is 18.9. The van der Waals surface area contributed by atoms with E-state index < -0.39 is 0 Å². The molecule has 2 aromatic rings. The Labute approximate surface area is 159 Å². The summed E-state index contributed by atoms with van der Waals surface area (Å²) >= 11 is 0. The number of amides is 2. The van der Waals surface area contributed by atoms with Crippen molar-refractivity contribution in [3.05, 3.63) is 41.5 Å². The topological polar surface area (TPSA) is 80.5 Å². The maximum atomic E-state index is 12.9. The lowest BCUT2D eigenvalue weighted by molar-refractivity contribution is 0.00959. The van der Waals surface area contributed by atoms with E-state index >= 15 is 0 Å². The number of hydrogen-bond acceptors (Lipinski definition) is 5. The molecular formula is C20H26N4O3. The lowest BCUT2D eigenvalue weighted by Crippen LogP contribution is -2.38. The van der Waals surface area contributed by atoms with Gasteiger partial charge < -0.3 is 19.5 Å². The van der Waals surface area contributed by atoms with Gasteiger partial charge in [-0.1, -0.05) is 24.2 Å². The standard InChI is InChI=1S/C20H26N4O3/c1-3-15-4-6-16(7-5-15)22-19(25)24-12-17(18-21-14(2)23-27-18)20(13-24)8-10-26-11-9-20/h4-7,17H,3,8-13H2,1-2H3,(H,22,25)/t17-/m1/s1. The zero-order valence-electron chi connectivity index (χ0n) is 15.9. The van der Waals surface area contributed by atoms with E-state index in [1.165, 1.54) is 5.56 Å². The quantitative estimate of drug-likeness (QED) is 0.896. The number of urea groups is 1. The normalized spacial score (nSPS) is 21.6. The summed E-state index contributed by atoms with van der Waals surface area (Å²) in [4.78, 5) is 19.2. The minimum atomic E-state index is -0.0798.